The molecule has 5 heteroatoms. The molecule has 1 aliphatic rings. The van der Waals surface area contributed by atoms with Crippen LogP contribution in [0.5, 0.6) is 0 Å². The molecule has 0 amide bonds. The van der Waals surface area contributed by atoms with E-state index >= 15 is 0 Å². The molecule has 0 bridgehead atoms. The van der Waals surface area contributed by atoms with Crippen molar-refractivity contribution in [3.63, 3.8) is 0 Å². The maximum absolute atomic E-state index is 9.56. The summed E-state index contributed by atoms with van der Waals surface area (Å²) in [6, 6.07) is 21.6. The Morgan fingerprint density at radius 1 is 1.00 bits per heavy atom. The van der Waals surface area contributed by atoms with Crippen LogP contribution in [-0.4, -0.2) is 63.0 Å². The SMILES string of the molecule is CC(C)N1CCN(Cc2cn(-c3ccccc3)nc2-c2ccccc2)C[C@H]1CCO. The summed E-state index contributed by atoms with van der Waals surface area (Å²) in [5.74, 6) is 0. The summed E-state index contributed by atoms with van der Waals surface area (Å²) in [5, 5.41) is 14.5. The molecule has 0 saturated carbocycles. The number of aliphatic hydroxyl groups is 1. The third-order valence-corrected chi connectivity index (χ3v) is 5.99. The molecule has 2 aromatic carbocycles. The van der Waals surface area contributed by atoms with E-state index in [4.69, 9.17) is 5.10 Å². The van der Waals surface area contributed by atoms with Gasteiger partial charge < -0.3 is 5.11 Å². The number of aromatic nitrogens is 2. The van der Waals surface area contributed by atoms with Gasteiger partial charge in [-0.05, 0) is 32.4 Å². The predicted molar refractivity (Wildman–Crippen MR) is 122 cm³/mol. The Balaban J connectivity index is 1.61. The highest BCUT2D eigenvalue weighted by atomic mass is 16.3. The van der Waals surface area contributed by atoms with Gasteiger partial charge in [0.1, 0.15) is 0 Å². The van der Waals surface area contributed by atoms with Crippen LogP contribution < -0.4 is 0 Å². The highest BCUT2D eigenvalue weighted by Crippen LogP contribution is 2.26. The van der Waals surface area contributed by atoms with Crippen molar-refractivity contribution in [2.75, 3.05) is 26.2 Å². The lowest BCUT2D eigenvalue weighted by molar-refractivity contribution is 0.0350. The summed E-state index contributed by atoms with van der Waals surface area (Å²) < 4.78 is 1.99. The Hall–Kier alpha value is -2.47. The maximum atomic E-state index is 9.56. The van der Waals surface area contributed by atoms with Gasteiger partial charge >= 0.3 is 0 Å². The first-order valence-electron chi connectivity index (χ1n) is 10.9. The molecule has 1 saturated heterocycles. The number of piperazine rings is 1. The molecule has 1 fully saturated rings. The molecular formula is C25H32N4O. The summed E-state index contributed by atoms with van der Waals surface area (Å²) in [7, 11) is 0. The molecule has 2 heterocycles. The van der Waals surface area contributed by atoms with Crippen molar-refractivity contribution in [1.82, 2.24) is 19.6 Å². The minimum atomic E-state index is 0.239. The molecule has 30 heavy (non-hydrogen) atoms. The highest BCUT2D eigenvalue weighted by molar-refractivity contribution is 5.63. The topological polar surface area (TPSA) is 44.5 Å². The predicted octanol–water partition coefficient (Wildman–Crippen LogP) is 3.82. The number of rotatable bonds is 7. The van der Waals surface area contributed by atoms with E-state index in [1.54, 1.807) is 0 Å². The molecule has 3 aromatic rings. The zero-order valence-corrected chi connectivity index (χ0v) is 18.0. The second kappa shape index (κ2) is 9.56. The van der Waals surface area contributed by atoms with Crippen LogP contribution in [0.2, 0.25) is 0 Å². The first-order chi connectivity index (χ1) is 14.7. The number of nitrogens with zero attached hydrogens (tertiary/aromatic N) is 4. The minimum Gasteiger partial charge on any atom is -0.396 e. The average Bonchev–Trinajstić information content (AvgIpc) is 3.19. The van der Waals surface area contributed by atoms with Gasteiger partial charge in [0, 0.05) is 62.2 Å². The standard InChI is InChI=1S/C25H32N4O/c1-20(2)28-15-14-27(19-24(28)13-16-30)17-22-18-29(23-11-7-4-8-12-23)26-25(22)21-9-5-3-6-10-21/h3-12,18,20,24,30H,13-17,19H2,1-2H3/t24-/m1/s1. The Morgan fingerprint density at radius 2 is 1.70 bits per heavy atom. The quantitative estimate of drug-likeness (QED) is 0.650. The van der Waals surface area contributed by atoms with E-state index < -0.39 is 0 Å². The van der Waals surface area contributed by atoms with Gasteiger partial charge in [0.15, 0.2) is 0 Å². The highest BCUT2D eigenvalue weighted by Gasteiger charge is 2.29. The Kier molecular flexibility index (Phi) is 6.62. The zero-order chi connectivity index (χ0) is 20.9. The van der Waals surface area contributed by atoms with E-state index in [1.165, 1.54) is 5.56 Å². The van der Waals surface area contributed by atoms with Gasteiger partial charge in [-0.3, -0.25) is 9.80 Å². The minimum absolute atomic E-state index is 0.239. The fraction of sp³-hybridized carbons (Fsp3) is 0.400. The normalized spacial score (nSPS) is 18.2. The lowest BCUT2D eigenvalue weighted by Gasteiger charge is -2.43. The molecular weight excluding hydrogens is 372 g/mol. The van der Waals surface area contributed by atoms with Crippen LogP contribution in [-0.2, 0) is 6.54 Å². The van der Waals surface area contributed by atoms with E-state index in [2.05, 4.69) is 66.2 Å². The van der Waals surface area contributed by atoms with Gasteiger partial charge in [-0.2, -0.15) is 5.10 Å². The first-order valence-corrected chi connectivity index (χ1v) is 10.9. The molecule has 0 radical (unpaired) electrons. The monoisotopic (exact) mass is 404 g/mol. The molecule has 5 nitrogen and oxygen atoms in total. The molecule has 1 aromatic heterocycles. The number of benzene rings is 2. The van der Waals surface area contributed by atoms with E-state index in [0.29, 0.717) is 12.1 Å². The zero-order valence-electron chi connectivity index (χ0n) is 18.0. The van der Waals surface area contributed by atoms with Crippen molar-refractivity contribution in [3.05, 3.63) is 72.4 Å². The smallest absolute Gasteiger partial charge is 0.0972 e. The third-order valence-electron chi connectivity index (χ3n) is 5.99. The molecule has 0 aliphatic carbocycles. The van der Waals surface area contributed by atoms with E-state index in [-0.39, 0.29) is 6.61 Å². The van der Waals surface area contributed by atoms with Crippen LogP contribution in [0.3, 0.4) is 0 Å². The van der Waals surface area contributed by atoms with Crippen molar-refractivity contribution in [2.45, 2.75) is 38.9 Å². The first kappa shape index (κ1) is 20.8. The van der Waals surface area contributed by atoms with Gasteiger partial charge in [0.2, 0.25) is 0 Å². The van der Waals surface area contributed by atoms with Gasteiger partial charge in [-0.15, -0.1) is 0 Å². The fourth-order valence-electron chi connectivity index (χ4n) is 4.48. The van der Waals surface area contributed by atoms with E-state index in [9.17, 15) is 5.11 Å². The maximum Gasteiger partial charge on any atom is 0.0972 e. The van der Waals surface area contributed by atoms with Crippen LogP contribution in [0.15, 0.2) is 66.9 Å². The van der Waals surface area contributed by atoms with Crippen molar-refractivity contribution in [3.8, 4) is 16.9 Å². The van der Waals surface area contributed by atoms with E-state index in [0.717, 1.165) is 49.5 Å². The second-order valence-electron chi connectivity index (χ2n) is 8.38. The van der Waals surface area contributed by atoms with Crippen LogP contribution in [0.1, 0.15) is 25.8 Å². The molecule has 0 spiro atoms. The van der Waals surface area contributed by atoms with Crippen molar-refractivity contribution in [2.24, 2.45) is 0 Å². The lowest BCUT2D eigenvalue weighted by atomic mass is 10.0. The summed E-state index contributed by atoms with van der Waals surface area (Å²) >= 11 is 0. The molecule has 1 N–H and O–H groups in total. The van der Waals surface area contributed by atoms with Crippen molar-refractivity contribution >= 4 is 0 Å². The molecule has 158 valence electrons. The molecule has 0 unspecified atom stereocenters. The third kappa shape index (κ3) is 4.64. The molecule has 4 rings (SSSR count). The number of aliphatic hydroxyl groups excluding tert-OH is 1. The summed E-state index contributed by atoms with van der Waals surface area (Å²) in [6.45, 7) is 8.65. The number of para-hydroxylation sites is 1. The van der Waals surface area contributed by atoms with E-state index in [1.807, 2.05) is 28.9 Å². The Bertz CT molecular complexity index is 923. The van der Waals surface area contributed by atoms with Gasteiger partial charge in [-0.1, -0.05) is 48.5 Å². The Morgan fingerprint density at radius 3 is 2.37 bits per heavy atom. The van der Waals surface area contributed by atoms with Gasteiger partial charge in [0.25, 0.3) is 0 Å². The number of hydrogen-bond donors (Lipinski definition) is 1. The van der Waals surface area contributed by atoms with Crippen LogP contribution >= 0.6 is 0 Å². The fourth-order valence-corrected chi connectivity index (χ4v) is 4.48. The Labute approximate surface area is 179 Å². The summed E-state index contributed by atoms with van der Waals surface area (Å²) in [6.07, 6.45) is 3.00. The molecule has 1 aliphatic heterocycles. The largest absolute Gasteiger partial charge is 0.396 e. The van der Waals surface area contributed by atoms with Crippen molar-refractivity contribution in [1.29, 1.82) is 0 Å². The average molecular weight is 405 g/mol. The van der Waals surface area contributed by atoms with Gasteiger partial charge in [0.05, 0.1) is 11.4 Å². The summed E-state index contributed by atoms with van der Waals surface area (Å²) in [5.41, 5.74) is 4.51. The van der Waals surface area contributed by atoms with Crippen LogP contribution in [0, 0.1) is 0 Å². The van der Waals surface area contributed by atoms with Gasteiger partial charge in [-0.25, -0.2) is 4.68 Å². The lowest BCUT2D eigenvalue weighted by Crippen LogP contribution is -2.55. The second-order valence-corrected chi connectivity index (χ2v) is 8.38. The van der Waals surface area contributed by atoms with Crippen LogP contribution in [0.25, 0.3) is 16.9 Å². The van der Waals surface area contributed by atoms with Crippen LogP contribution in [0.4, 0.5) is 0 Å². The summed E-state index contributed by atoms with van der Waals surface area (Å²) in [4.78, 5) is 5.04. The van der Waals surface area contributed by atoms with Crippen molar-refractivity contribution < 1.29 is 5.11 Å². The number of hydrogen-bond acceptors (Lipinski definition) is 4. The molecule has 1 atom stereocenters.